The van der Waals surface area contributed by atoms with Crippen molar-refractivity contribution in [2.75, 3.05) is 5.32 Å². The van der Waals surface area contributed by atoms with Gasteiger partial charge >= 0.3 is 0 Å². The summed E-state index contributed by atoms with van der Waals surface area (Å²) in [4.78, 5) is 10.6. The number of nitrogens with zero attached hydrogens (tertiary/aromatic N) is 1. The minimum Gasteiger partial charge on any atom is -0.320 e. The van der Waals surface area contributed by atoms with E-state index in [2.05, 4.69) is 9.69 Å². The number of aromatic nitrogens is 1. The van der Waals surface area contributed by atoms with Crippen molar-refractivity contribution in [1.29, 1.82) is 0 Å². The molecule has 0 saturated carbocycles. The number of carbonyl (C=O) groups is 1. The zero-order chi connectivity index (χ0) is 8.27. The normalized spacial score (nSPS) is 12.5. The second-order valence-electron chi connectivity index (χ2n) is 1.70. The molecule has 0 spiro atoms. The molecule has 1 atom stereocenters. The van der Waals surface area contributed by atoms with Crippen LogP contribution in [-0.4, -0.2) is 15.9 Å². The summed E-state index contributed by atoms with van der Waals surface area (Å²) in [6, 6.07) is 0. The number of rotatable bonds is 2. The van der Waals surface area contributed by atoms with Crippen LogP contribution < -0.4 is 5.32 Å². The van der Waals surface area contributed by atoms with Crippen molar-refractivity contribution < 1.29 is 9.18 Å². The minimum atomic E-state index is -2.00. The average molecular weight is 195 g/mol. The molecule has 3 nitrogen and oxygen atoms in total. The highest BCUT2D eigenvalue weighted by Gasteiger charge is 2.12. The smallest absolute Gasteiger partial charge is 0.274 e. The van der Waals surface area contributed by atoms with Crippen molar-refractivity contribution in [3.63, 3.8) is 0 Å². The van der Waals surface area contributed by atoms with Crippen molar-refractivity contribution >= 4 is 34.7 Å². The Balaban J connectivity index is 2.50. The van der Waals surface area contributed by atoms with Crippen molar-refractivity contribution in [2.45, 2.75) is 5.63 Å². The van der Waals surface area contributed by atoms with Crippen LogP contribution in [0.25, 0.3) is 0 Å². The summed E-state index contributed by atoms with van der Waals surface area (Å²) in [6.07, 6.45) is 1.42. The van der Waals surface area contributed by atoms with Crippen LogP contribution in [0.15, 0.2) is 11.6 Å². The van der Waals surface area contributed by atoms with Gasteiger partial charge in [-0.05, 0) is 11.5 Å². The first-order valence-electron chi connectivity index (χ1n) is 2.68. The van der Waals surface area contributed by atoms with Gasteiger partial charge in [0.2, 0.25) is 0 Å². The molecule has 0 aliphatic carbocycles. The molecular formula is C5H4ClFN2OS. The Hall–Kier alpha value is -0.680. The molecule has 1 unspecified atom stereocenters. The molecule has 1 aromatic rings. The summed E-state index contributed by atoms with van der Waals surface area (Å²) in [7, 11) is 0. The maximum absolute atomic E-state index is 12.0. The van der Waals surface area contributed by atoms with E-state index in [1.807, 2.05) is 0 Å². The van der Waals surface area contributed by atoms with Gasteiger partial charge in [-0.3, -0.25) is 4.79 Å². The molecule has 0 bridgehead atoms. The molecule has 6 heteroatoms. The highest BCUT2D eigenvalue weighted by molar-refractivity contribution is 7.04. The second-order valence-corrected chi connectivity index (χ2v) is 2.74. The maximum Gasteiger partial charge on any atom is 0.274 e. The zero-order valence-corrected chi connectivity index (χ0v) is 6.82. The Morgan fingerprint density at radius 3 is 3.09 bits per heavy atom. The van der Waals surface area contributed by atoms with E-state index in [-0.39, 0.29) is 0 Å². The van der Waals surface area contributed by atoms with Crippen LogP contribution in [-0.2, 0) is 4.79 Å². The number of hydrogen-bond donors (Lipinski definition) is 1. The Morgan fingerprint density at radius 1 is 1.91 bits per heavy atom. The van der Waals surface area contributed by atoms with Gasteiger partial charge in [-0.15, -0.1) is 0 Å². The molecule has 11 heavy (non-hydrogen) atoms. The van der Waals surface area contributed by atoms with Crippen molar-refractivity contribution in [3.8, 4) is 0 Å². The summed E-state index contributed by atoms with van der Waals surface area (Å²) in [5.74, 6) is -0.869. The molecule has 0 aromatic carbocycles. The zero-order valence-electron chi connectivity index (χ0n) is 5.25. The quantitative estimate of drug-likeness (QED) is 0.727. The molecular weight excluding hydrogens is 191 g/mol. The standard InChI is InChI=1S/C5H4ClFN2OS/c6-4(7)5(10)9-3-1-8-11-2-3/h1-2,4H,(H,9,10). The summed E-state index contributed by atoms with van der Waals surface area (Å²) >= 11 is 6.01. The summed E-state index contributed by atoms with van der Waals surface area (Å²) in [6.45, 7) is 0. The minimum absolute atomic E-state index is 0.461. The number of hydrogen-bond acceptors (Lipinski definition) is 3. The number of nitrogens with one attached hydrogen (secondary N) is 1. The largest absolute Gasteiger partial charge is 0.320 e. The molecule has 1 heterocycles. The molecule has 1 aromatic heterocycles. The van der Waals surface area contributed by atoms with Crippen LogP contribution in [0.3, 0.4) is 0 Å². The van der Waals surface area contributed by atoms with Crippen LogP contribution in [0.1, 0.15) is 0 Å². The third-order valence-electron chi connectivity index (χ3n) is 0.898. The fourth-order valence-electron chi connectivity index (χ4n) is 0.463. The Labute approximate surface area is 71.3 Å². The van der Waals surface area contributed by atoms with E-state index in [0.717, 1.165) is 11.5 Å². The van der Waals surface area contributed by atoms with Gasteiger partial charge in [-0.2, -0.15) is 4.37 Å². The predicted octanol–water partition coefficient (Wildman–Crippen LogP) is 1.62. The fourth-order valence-corrected chi connectivity index (χ4v) is 0.987. The van der Waals surface area contributed by atoms with Crippen LogP contribution in [0.2, 0.25) is 0 Å². The Kier molecular flexibility index (Phi) is 2.78. The Morgan fingerprint density at radius 2 is 2.64 bits per heavy atom. The second kappa shape index (κ2) is 3.64. The molecule has 0 fully saturated rings. The maximum atomic E-state index is 12.0. The summed E-state index contributed by atoms with van der Waals surface area (Å²) in [5, 5.41) is 3.80. The Bertz CT molecular complexity index is 239. The number of halogens is 2. The highest BCUT2D eigenvalue weighted by Crippen LogP contribution is 2.09. The summed E-state index contributed by atoms with van der Waals surface area (Å²) < 4.78 is 15.7. The molecule has 0 aliphatic heterocycles. The van der Waals surface area contributed by atoms with Gasteiger partial charge in [0.1, 0.15) is 0 Å². The van der Waals surface area contributed by atoms with Crippen LogP contribution in [0.5, 0.6) is 0 Å². The third-order valence-corrected chi connectivity index (χ3v) is 1.68. The van der Waals surface area contributed by atoms with E-state index < -0.39 is 11.5 Å². The fraction of sp³-hybridized carbons (Fsp3) is 0.200. The van der Waals surface area contributed by atoms with E-state index in [9.17, 15) is 9.18 Å². The monoisotopic (exact) mass is 194 g/mol. The van der Waals surface area contributed by atoms with Crippen molar-refractivity contribution in [1.82, 2.24) is 4.37 Å². The molecule has 0 radical (unpaired) electrons. The molecule has 1 amide bonds. The molecule has 1 rings (SSSR count). The van der Waals surface area contributed by atoms with E-state index in [0.29, 0.717) is 5.69 Å². The molecule has 1 N–H and O–H groups in total. The van der Waals surface area contributed by atoms with Gasteiger partial charge in [0.15, 0.2) is 0 Å². The number of amides is 1. The number of anilines is 1. The first-order chi connectivity index (χ1) is 5.20. The van der Waals surface area contributed by atoms with E-state index in [4.69, 9.17) is 11.6 Å². The number of alkyl halides is 2. The van der Waals surface area contributed by atoms with Gasteiger partial charge in [0.25, 0.3) is 11.5 Å². The van der Waals surface area contributed by atoms with Gasteiger partial charge < -0.3 is 5.32 Å². The molecule has 0 aliphatic rings. The lowest BCUT2D eigenvalue weighted by Gasteiger charge is -1.99. The van der Waals surface area contributed by atoms with E-state index >= 15 is 0 Å². The lowest BCUT2D eigenvalue weighted by atomic mass is 10.5. The van der Waals surface area contributed by atoms with Crippen molar-refractivity contribution in [3.05, 3.63) is 11.6 Å². The van der Waals surface area contributed by atoms with Crippen LogP contribution in [0, 0.1) is 0 Å². The molecule has 60 valence electrons. The highest BCUT2D eigenvalue weighted by atomic mass is 35.5. The van der Waals surface area contributed by atoms with Crippen LogP contribution >= 0.6 is 23.1 Å². The summed E-state index contributed by atoms with van der Waals surface area (Å²) in [5.41, 5.74) is -1.54. The topological polar surface area (TPSA) is 42.0 Å². The lowest BCUT2D eigenvalue weighted by Crippen LogP contribution is -2.18. The van der Waals surface area contributed by atoms with Gasteiger partial charge in [-0.1, -0.05) is 11.6 Å². The predicted molar refractivity (Wildman–Crippen MR) is 41.5 cm³/mol. The van der Waals surface area contributed by atoms with Gasteiger partial charge in [-0.25, -0.2) is 4.39 Å². The van der Waals surface area contributed by atoms with E-state index in [1.165, 1.54) is 6.20 Å². The first-order valence-corrected chi connectivity index (χ1v) is 3.96. The SMILES string of the molecule is O=C(Nc1cnsc1)C(F)Cl. The first kappa shape index (κ1) is 8.42. The van der Waals surface area contributed by atoms with E-state index in [1.54, 1.807) is 5.38 Å². The van der Waals surface area contributed by atoms with Crippen molar-refractivity contribution in [2.24, 2.45) is 0 Å². The number of carbonyl (C=O) groups excluding carboxylic acids is 1. The van der Waals surface area contributed by atoms with Crippen LogP contribution in [0.4, 0.5) is 10.1 Å². The lowest BCUT2D eigenvalue weighted by molar-refractivity contribution is -0.118. The average Bonchev–Trinajstić information content (AvgIpc) is 2.39. The third kappa shape index (κ3) is 2.44. The van der Waals surface area contributed by atoms with Gasteiger partial charge in [0, 0.05) is 5.38 Å². The molecule has 0 saturated heterocycles. The van der Waals surface area contributed by atoms with Gasteiger partial charge in [0.05, 0.1) is 11.9 Å².